The third kappa shape index (κ3) is 30.2. The maximum atomic E-state index is 12.5. The van der Waals surface area contributed by atoms with Crippen LogP contribution in [0.1, 0.15) is 142 Å². The quantitative estimate of drug-likeness (QED) is 0.0211. The zero-order valence-electron chi connectivity index (χ0n) is 32.2. The van der Waals surface area contributed by atoms with Crippen molar-refractivity contribution in [2.45, 2.75) is 161 Å². The van der Waals surface area contributed by atoms with Gasteiger partial charge in [-0.1, -0.05) is 113 Å². The summed E-state index contributed by atoms with van der Waals surface area (Å²) in [6.45, 7) is 3.49. The summed E-state index contributed by atoms with van der Waals surface area (Å²) in [5, 5.41) is 0. The second kappa shape index (κ2) is 33.3. The van der Waals surface area contributed by atoms with Crippen LogP contribution in [-0.2, 0) is 37.4 Å². The van der Waals surface area contributed by atoms with Crippen LogP contribution < -0.4 is 5.73 Å². The van der Waals surface area contributed by atoms with Gasteiger partial charge in [0.15, 0.2) is 6.10 Å². The number of carbonyl (C=O) groups excluding carboxylic acids is 2. The molecular weight excluding hydrogens is 681 g/mol. The van der Waals surface area contributed by atoms with E-state index < -0.39 is 32.5 Å². The van der Waals surface area contributed by atoms with Crippen molar-refractivity contribution in [3.8, 4) is 0 Å². The molecule has 0 amide bonds. The number of hydrogen-bond donors (Lipinski definition) is 2. The summed E-state index contributed by atoms with van der Waals surface area (Å²) in [6, 6.07) is 0. The molecule has 1 rings (SSSR count). The van der Waals surface area contributed by atoms with E-state index in [1.807, 2.05) is 6.08 Å². The molecule has 0 bridgehead atoms. The van der Waals surface area contributed by atoms with Crippen LogP contribution in [0.25, 0.3) is 0 Å². The average Bonchev–Trinajstić information content (AvgIpc) is 3.88. The number of epoxide rings is 1. The predicted molar refractivity (Wildman–Crippen MR) is 210 cm³/mol. The summed E-state index contributed by atoms with van der Waals surface area (Å²) in [5.41, 5.74) is 5.33. The van der Waals surface area contributed by atoms with Crippen LogP contribution in [0.2, 0.25) is 0 Å². The predicted octanol–water partition coefficient (Wildman–Crippen LogP) is 9.92. The second-order valence-electron chi connectivity index (χ2n) is 13.2. The molecule has 1 heterocycles. The molecule has 1 fully saturated rings. The molecule has 0 aromatic carbocycles. The number of hydrogen-bond acceptors (Lipinski definition) is 9. The number of allylic oxidation sites excluding steroid dienone is 8. The largest absolute Gasteiger partial charge is 0.472 e. The Balaban J connectivity index is 2.26. The zero-order chi connectivity index (χ0) is 38.0. The molecule has 1 saturated heterocycles. The van der Waals surface area contributed by atoms with E-state index in [4.69, 9.17) is 29.0 Å². The molecule has 0 aliphatic carbocycles. The highest BCUT2D eigenvalue weighted by atomic mass is 31.2. The second-order valence-corrected chi connectivity index (χ2v) is 14.6. The van der Waals surface area contributed by atoms with Gasteiger partial charge in [0, 0.05) is 19.4 Å². The van der Waals surface area contributed by atoms with Crippen LogP contribution in [0.3, 0.4) is 0 Å². The molecule has 3 N–H and O–H groups in total. The number of nitrogens with two attached hydrogens (primary N) is 1. The summed E-state index contributed by atoms with van der Waals surface area (Å²) < 4.78 is 38.3. The van der Waals surface area contributed by atoms with Crippen molar-refractivity contribution in [2.75, 3.05) is 26.4 Å². The molecule has 52 heavy (non-hydrogen) atoms. The van der Waals surface area contributed by atoms with Crippen molar-refractivity contribution < 1.29 is 42.3 Å². The van der Waals surface area contributed by atoms with Crippen LogP contribution in [0.5, 0.6) is 0 Å². The highest BCUT2D eigenvalue weighted by Gasteiger charge is 2.36. The lowest BCUT2D eigenvalue weighted by Crippen LogP contribution is -2.29. The Hall–Kier alpha value is -2.33. The van der Waals surface area contributed by atoms with Crippen molar-refractivity contribution in [3.63, 3.8) is 0 Å². The number of unbranched alkanes of at least 4 members (excludes halogenated alkanes) is 10. The Labute approximate surface area is 314 Å². The number of ether oxygens (including phenoxy) is 3. The third-order valence-electron chi connectivity index (χ3n) is 8.29. The van der Waals surface area contributed by atoms with Gasteiger partial charge in [-0.25, -0.2) is 4.57 Å². The van der Waals surface area contributed by atoms with Gasteiger partial charge in [0.05, 0.1) is 25.4 Å². The highest BCUT2D eigenvalue weighted by molar-refractivity contribution is 7.47. The molecule has 0 spiro atoms. The van der Waals surface area contributed by atoms with Crippen LogP contribution in [-0.4, -0.2) is 61.5 Å². The van der Waals surface area contributed by atoms with Crippen LogP contribution in [0.4, 0.5) is 0 Å². The minimum absolute atomic E-state index is 0.0386. The molecule has 0 saturated carbocycles. The lowest BCUT2D eigenvalue weighted by Gasteiger charge is -2.19. The van der Waals surface area contributed by atoms with E-state index in [0.717, 1.165) is 64.2 Å². The molecule has 4 atom stereocenters. The smallest absolute Gasteiger partial charge is 0.462 e. The van der Waals surface area contributed by atoms with Crippen molar-refractivity contribution in [1.82, 2.24) is 0 Å². The molecule has 0 aromatic rings. The van der Waals surface area contributed by atoms with E-state index >= 15 is 0 Å². The first kappa shape index (κ1) is 47.7. The molecular formula is C41H70NO9P. The fraction of sp³-hybridized carbons (Fsp3) is 0.707. The van der Waals surface area contributed by atoms with Gasteiger partial charge in [-0.3, -0.25) is 18.6 Å². The molecule has 4 unspecified atom stereocenters. The van der Waals surface area contributed by atoms with Gasteiger partial charge in [-0.05, 0) is 77.0 Å². The Morgan fingerprint density at radius 3 is 1.92 bits per heavy atom. The van der Waals surface area contributed by atoms with E-state index in [1.165, 1.54) is 32.1 Å². The number of esters is 2. The topological polar surface area (TPSA) is 147 Å². The highest BCUT2D eigenvalue weighted by Crippen LogP contribution is 2.43. The first-order valence-electron chi connectivity index (χ1n) is 19.9. The number of rotatable bonds is 35. The Bertz CT molecular complexity index is 1100. The van der Waals surface area contributed by atoms with Gasteiger partial charge >= 0.3 is 19.8 Å². The van der Waals surface area contributed by atoms with Gasteiger partial charge in [0.2, 0.25) is 0 Å². The fourth-order valence-corrected chi connectivity index (χ4v) is 6.00. The third-order valence-corrected chi connectivity index (χ3v) is 9.27. The maximum absolute atomic E-state index is 12.5. The Morgan fingerprint density at radius 2 is 1.25 bits per heavy atom. The van der Waals surface area contributed by atoms with Gasteiger partial charge in [0.25, 0.3) is 0 Å². The van der Waals surface area contributed by atoms with E-state index in [0.29, 0.717) is 31.5 Å². The van der Waals surface area contributed by atoms with Gasteiger partial charge < -0.3 is 24.8 Å². The van der Waals surface area contributed by atoms with Gasteiger partial charge in [0.1, 0.15) is 6.61 Å². The van der Waals surface area contributed by atoms with Crippen LogP contribution >= 0.6 is 7.82 Å². The normalized spacial score (nSPS) is 17.9. The minimum Gasteiger partial charge on any atom is -0.462 e. The first-order chi connectivity index (χ1) is 25.3. The molecule has 1 aliphatic rings. The lowest BCUT2D eigenvalue weighted by molar-refractivity contribution is -0.161. The van der Waals surface area contributed by atoms with Crippen LogP contribution in [0.15, 0.2) is 60.8 Å². The number of carbonyl (C=O) groups is 2. The zero-order valence-corrected chi connectivity index (χ0v) is 33.1. The van der Waals surface area contributed by atoms with Crippen LogP contribution in [0, 0.1) is 0 Å². The van der Waals surface area contributed by atoms with Crippen molar-refractivity contribution in [2.24, 2.45) is 5.73 Å². The molecule has 0 aromatic heterocycles. The van der Waals surface area contributed by atoms with Crippen molar-refractivity contribution >= 4 is 19.8 Å². The molecule has 11 heteroatoms. The average molecular weight is 752 g/mol. The summed E-state index contributed by atoms with van der Waals surface area (Å²) in [5.74, 6) is -0.919. The maximum Gasteiger partial charge on any atom is 0.472 e. The summed E-state index contributed by atoms with van der Waals surface area (Å²) in [6.07, 6.45) is 40.1. The summed E-state index contributed by atoms with van der Waals surface area (Å²) in [7, 11) is -4.40. The van der Waals surface area contributed by atoms with Crippen molar-refractivity contribution in [3.05, 3.63) is 60.8 Å². The SMILES string of the molecule is CCC=CCC1OC1CC=CCC=CCC=CCCCC(=O)OC(COC(=O)CCCCCCCC=CCCCCCC)COP(=O)(O)OCCN. The van der Waals surface area contributed by atoms with E-state index in [-0.39, 0.29) is 32.6 Å². The Kier molecular flexibility index (Phi) is 30.5. The van der Waals surface area contributed by atoms with E-state index in [9.17, 15) is 19.0 Å². The monoisotopic (exact) mass is 751 g/mol. The standard InChI is InChI=1S/C41H70NO9P/c1-3-5-7-8-9-10-11-12-13-17-20-23-27-31-40(43)47-35-37(36-49-52(45,46)48-34-33-42)50-41(44)32-28-24-21-18-15-14-16-19-22-26-30-39-38(51-39)29-25-6-4-2/h6,10-11,14,16,18,21-22,25-26,37-39H,3-5,7-9,12-13,15,17,19-20,23-24,27-36,42H2,1-2H3,(H,45,46). The van der Waals surface area contributed by atoms with E-state index in [2.05, 4.69) is 68.5 Å². The molecule has 0 radical (unpaired) electrons. The molecule has 1 aliphatic heterocycles. The molecule has 10 nitrogen and oxygen atoms in total. The van der Waals surface area contributed by atoms with Gasteiger partial charge in [-0.15, -0.1) is 0 Å². The minimum atomic E-state index is -4.40. The van der Waals surface area contributed by atoms with E-state index in [1.54, 1.807) is 0 Å². The van der Waals surface area contributed by atoms with Gasteiger partial charge in [-0.2, -0.15) is 0 Å². The summed E-state index contributed by atoms with van der Waals surface area (Å²) in [4.78, 5) is 34.7. The lowest BCUT2D eigenvalue weighted by atomic mass is 10.1. The van der Waals surface area contributed by atoms with Crippen molar-refractivity contribution in [1.29, 1.82) is 0 Å². The Morgan fingerprint density at radius 1 is 0.692 bits per heavy atom. The molecule has 298 valence electrons. The number of phosphoric acid groups is 1. The first-order valence-corrected chi connectivity index (χ1v) is 21.4. The fourth-order valence-electron chi connectivity index (χ4n) is 5.23. The summed E-state index contributed by atoms with van der Waals surface area (Å²) >= 11 is 0. The number of phosphoric ester groups is 1.